The van der Waals surface area contributed by atoms with Crippen molar-refractivity contribution in [2.45, 2.75) is 77.9 Å². The fourth-order valence-electron chi connectivity index (χ4n) is 3.06. The molecule has 0 aromatic carbocycles. The van der Waals surface area contributed by atoms with Crippen LogP contribution in [-0.4, -0.2) is 48.7 Å². The van der Waals surface area contributed by atoms with Gasteiger partial charge in [0.05, 0.1) is 7.11 Å². The van der Waals surface area contributed by atoms with Crippen LogP contribution in [0.15, 0.2) is 0 Å². The van der Waals surface area contributed by atoms with Gasteiger partial charge in [0.15, 0.2) is 0 Å². The molecule has 1 N–H and O–H groups in total. The highest BCUT2D eigenvalue weighted by Crippen LogP contribution is 2.28. The molecule has 0 aliphatic heterocycles. The van der Waals surface area contributed by atoms with E-state index in [2.05, 4.69) is 37.9 Å². The van der Waals surface area contributed by atoms with Crippen molar-refractivity contribution in [1.29, 1.82) is 0 Å². The summed E-state index contributed by atoms with van der Waals surface area (Å²) in [6.07, 6.45) is 4.52. The number of ether oxygens (including phenoxy) is 1. The molecule has 1 rings (SSSR count). The molecule has 0 radical (unpaired) electrons. The number of esters is 1. The van der Waals surface area contributed by atoms with Crippen LogP contribution in [0.25, 0.3) is 0 Å². The van der Waals surface area contributed by atoms with Gasteiger partial charge >= 0.3 is 5.97 Å². The summed E-state index contributed by atoms with van der Waals surface area (Å²) in [6, 6.07) is 1.05. The molecule has 1 unspecified atom stereocenters. The van der Waals surface area contributed by atoms with Gasteiger partial charge in [-0.15, -0.1) is 0 Å². The highest BCUT2D eigenvalue weighted by molar-refractivity contribution is 5.80. The van der Waals surface area contributed by atoms with E-state index in [0.717, 1.165) is 32.0 Å². The van der Waals surface area contributed by atoms with Crippen molar-refractivity contribution in [3.63, 3.8) is 0 Å². The molecule has 0 aromatic heterocycles. The number of hydrogen-bond acceptors (Lipinski definition) is 4. The number of methoxy groups -OCH3 is 1. The van der Waals surface area contributed by atoms with Gasteiger partial charge in [0, 0.05) is 18.6 Å². The van der Waals surface area contributed by atoms with Gasteiger partial charge < -0.3 is 9.64 Å². The predicted octanol–water partition coefficient (Wildman–Crippen LogP) is 2.82. The second-order valence-electron chi connectivity index (χ2n) is 7.35. The minimum atomic E-state index is -0.573. The van der Waals surface area contributed by atoms with Gasteiger partial charge in [0.1, 0.15) is 5.54 Å². The van der Waals surface area contributed by atoms with E-state index in [9.17, 15) is 4.79 Å². The molecule has 0 aromatic rings. The summed E-state index contributed by atoms with van der Waals surface area (Å²) < 4.78 is 4.98. The standard InChI is InChI=1S/C17H34N2O2/c1-13(2)12-19(15-8-9-15)11-7-10-17(5,16(20)21-6)18-14(3)4/h13-15,18H,7-12H2,1-6H3. The molecular weight excluding hydrogens is 264 g/mol. The first-order valence-electron chi connectivity index (χ1n) is 8.38. The topological polar surface area (TPSA) is 41.6 Å². The molecule has 1 aliphatic carbocycles. The SMILES string of the molecule is COC(=O)C(C)(CCCN(CC(C)C)C1CC1)NC(C)C. The lowest BCUT2D eigenvalue weighted by atomic mass is 9.94. The lowest BCUT2D eigenvalue weighted by Crippen LogP contribution is -2.53. The van der Waals surface area contributed by atoms with Crippen LogP contribution >= 0.6 is 0 Å². The Morgan fingerprint density at radius 1 is 1.33 bits per heavy atom. The summed E-state index contributed by atoms with van der Waals surface area (Å²) in [4.78, 5) is 14.7. The van der Waals surface area contributed by atoms with Gasteiger partial charge in [-0.1, -0.05) is 13.8 Å². The Morgan fingerprint density at radius 2 is 1.95 bits per heavy atom. The molecular formula is C17H34N2O2. The van der Waals surface area contributed by atoms with E-state index in [-0.39, 0.29) is 12.0 Å². The van der Waals surface area contributed by atoms with Crippen molar-refractivity contribution in [1.82, 2.24) is 10.2 Å². The number of carbonyl (C=O) groups is 1. The Hall–Kier alpha value is -0.610. The number of hydrogen-bond donors (Lipinski definition) is 1. The second kappa shape index (κ2) is 8.14. The third-order valence-corrected chi connectivity index (χ3v) is 4.03. The summed E-state index contributed by atoms with van der Waals surface area (Å²) in [5.74, 6) is 0.546. The zero-order valence-corrected chi connectivity index (χ0v) is 14.7. The molecule has 1 atom stereocenters. The van der Waals surface area contributed by atoms with Crippen LogP contribution in [0.5, 0.6) is 0 Å². The highest BCUT2D eigenvalue weighted by atomic mass is 16.5. The number of carbonyl (C=O) groups excluding carboxylic acids is 1. The number of nitrogens with one attached hydrogen (secondary N) is 1. The Morgan fingerprint density at radius 3 is 2.38 bits per heavy atom. The molecule has 4 nitrogen and oxygen atoms in total. The van der Waals surface area contributed by atoms with Crippen LogP contribution in [0.3, 0.4) is 0 Å². The summed E-state index contributed by atoms with van der Waals surface area (Å²) in [5, 5.41) is 3.37. The Labute approximate surface area is 130 Å². The first-order valence-corrected chi connectivity index (χ1v) is 8.38. The Bertz CT molecular complexity index is 327. The van der Waals surface area contributed by atoms with E-state index < -0.39 is 5.54 Å². The third-order valence-electron chi connectivity index (χ3n) is 4.03. The maximum absolute atomic E-state index is 12.1. The average molecular weight is 298 g/mol. The molecule has 4 heteroatoms. The molecule has 1 fully saturated rings. The molecule has 1 aliphatic rings. The van der Waals surface area contributed by atoms with Crippen molar-refractivity contribution in [3.05, 3.63) is 0 Å². The quantitative estimate of drug-likeness (QED) is 0.630. The monoisotopic (exact) mass is 298 g/mol. The molecule has 0 spiro atoms. The minimum absolute atomic E-state index is 0.155. The van der Waals surface area contributed by atoms with Crippen molar-refractivity contribution in [2.75, 3.05) is 20.2 Å². The van der Waals surface area contributed by atoms with Crippen molar-refractivity contribution < 1.29 is 9.53 Å². The van der Waals surface area contributed by atoms with Crippen molar-refractivity contribution in [2.24, 2.45) is 5.92 Å². The summed E-state index contributed by atoms with van der Waals surface area (Å²) in [7, 11) is 1.47. The molecule has 0 saturated heterocycles. The third kappa shape index (κ3) is 6.35. The van der Waals surface area contributed by atoms with Crippen LogP contribution in [0.1, 0.15) is 60.3 Å². The van der Waals surface area contributed by atoms with Crippen LogP contribution in [-0.2, 0) is 9.53 Å². The van der Waals surface area contributed by atoms with Gasteiger partial charge in [0.2, 0.25) is 0 Å². The van der Waals surface area contributed by atoms with E-state index >= 15 is 0 Å². The normalized spacial score (nSPS) is 18.3. The highest BCUT2D eigenvalue weighted by Gasteiger charge is 2.35. The van der Waals surface area contributed by atoms with E-state index in [1.807, 2.05) is 6.92 Å². The Kier molecular flexibility index (Phi) is 7.14. The van der Waals surface area contributed by atoms with E-state index in [4.69, 9.17) is 4.74 Å². The summed E-state index contributed by atoms with van der Waals surface area (Å²) >= 11 is 0. The lowest BCUT2D eigenvalue weighted by Gasteiger charge is -2.31. The predicted molar refractivity (Wildman–Crippen MR) is 87.4 cm³/mol. The van der Waals surface area contributed by atoms with Crippen LogP contribution in [0, 0.1) is 5.92 Å². The zero-order chi connectivity index (χ0) is 16.0. The molecule has 0 bridgehead atoms. The van der Waals surface area contributed by atoms with Crippen LogP contribution < -0.4 is 5.32 Å². The largest absolute Gasteiger partial charge is 0.468 e. The molecule has 0 amide bonds. The van der Waals surface area contributed by atoms with Gasteiger partial charge in [-0.2, -0.15) is 0 Å². The Balaban J connectivity index is 2.49. The van der Waals surface area contributed by atoms with Gasteiger partial charge in [-0.25, -0.2) is 0 Å². The lowest BCUT2D eigenvalue weighted by molar-refractivity contribution is -0.148. The van der Waals surface area contributed by atoms with Crippen LogP contribution in [0.4, 0.5) is 0 Å². The molecule has 124 valence electrons. The van der Waals surface area contributed by atoms with E-state index in [0.29, 0.717) is 5.92 Å². The second-order valence-corrected chi connectivity index (χ2v) is 7.35. The average Bonchev–Trinajstić information content (AvgIpc) is 3.19. The van der Waals surface area contributed by atoms with Crippen molar-refractivity contribution in [3.8, 4) is 0 Å². The van der Waals surface area contributed by atoms with E-state index in [1.54, 1.807) is 0 Å². The first-order chi connectivity index (χ1) is 9.78. The van der Waals surface area contributed by atoms with Gasteiger partial charge in [-0.05, 0) is 58.9 Å². The van der Waals surface area contributed by atoms with Crippen molar-refractivity contribution >= 4 is 5.97 Å². The number of rotatable bonds is 10. The minimum Gasteiger partial charge on any atom is -0.468 e. The molecule has 1 saturated carbocycles. The summed E-state index contributed by atoms with van der Waals surface area (Å²) in [6.45, 7) is 12.9. The van der Waals surface area contributed by atoms with Gasteiger partial charge in [-0.3, -0.25) is 10.1 Å². The molecule has 0 heterocycles. The summed E-state index contributed by atoms with van der Waals surface area (Å²) in [5.41, 5.74) is -0.573. The fraction of sp³-hybridized carbons (Fsp3) is 0.941. The first kappa shape index (κ1) is 18.4. The fourth-order valence-corrected chi connectivity index (χ4v) is 3.06. The number of nitrogens with zero attached hydrogens (tertiary/aromatic N) is 1. The van der Waals surface area contributed by atoms with Gasteiger partial charge in [0.25, 0.3) is 0 Å². The molecule has 21 heavy (non-hydrogen) atoms. The maximum atomic E-state index is 12.1. The maximum Gasteiger partial charge on any atom is 0.325 e. The van der Waals surface area contributed by atoms with E-state index in [1.165, 1.54) is 20.0 Å². The van der Waals surface area contributed by atoms with Crippen LogP contribution in [0.2, 0.25) is 0 Å². The smallest absolute Gasteiger partial charge is 0.325 e. The zero-order valence-electron chi connectivity index (χ0n) is 14.7.